The Hall–Kier alpha value is -3.04. The first-order valence-corrected chi connectivity index (χ1v) is 12.3. The summed E-state index contributed by atoms with van der Waals surface area (Å²) in [5.41, 5.74) is 6.82. The molecule has 0 aliphatic heterocycles. The number of allylic oxidation sites excluding steroid dienone is 3. The fourth-order valence-electron chi connectivity index (χ4n) is 2.73. The summed E-state index contributed by atoms with van der Waals surface area (Å²) in [5, 5.41) is 5.38. The Kier molecular flexibility index (Phi) is 21.0. The minimum Gasteiger partial charge on any atom is -0.444 e. The molecule has 0 saturated carbocycles. The molecule has 0 aliphatic rings. The van der Waals surface area contributed by atoms with Crippen molar-refractivity contribution < 1.29 is 14.3 Å². The van der Waals surface area contributed by atoms with Gasteiger partial charge < -0.3 is 21.1 Å². The molecule has 0 fully saturated rings. The Morgan fingerprint density at radius 2 is 1.77 bits per heavy atom. The Balaban J connectivity index is 0. The maximum absolute atomic E-state index is 12.2. The number of carbonyl (C=O) groups is 2. The molecular weight excluding hydrogens is 438 g/mol. The molecule has 196 valence electrons. The summed E-state index contributed by atoms with van der Waals surface area (Å²) in [6, 6.07) is 10.1. The monoisotopic (exact) mass is 485 g/mol. The number of nitrogens with two attached hydrogens (primary N) is 1. The van der Waals surface area contributed by atoms with E-state index in [-0.39, 0.29) is 18.4 Å². The largest absolute Gasteiger partial charge is 0.444 e. The van der Waals surface area contributed by atoms with E-state index in [1.54, 1.807) is 27.7 Å². The van der Waals surface area contributed by atoms with E-state index in [9.17, 15) is 9.59 Å². The number of hydrogen-bond acceptors (Lipinski definition) is 4. The Morgan fingerprint density at radius 3 is 2.20 bits per heavy atom. The third-order valence-corrected chi connectivity index (χ3v) is 4.34. The molecule has 0 saturated heterocycles. The lowest BCUT2D eigenvalue weighted by Gasteiger charge is -2.21. The average molecular weight is 486 g/mol. The molecule has 4 N–H and O–H groups in total. The van der Waals surface area contributed by atoms with E-state index in [4.69, 9.17) is 10.5 Å². The molecule has 35 heavy (non-hydrogen) atoms. The van der Waals surface area contributed by atoms with Gasteiger partial charge in [0.1, 0.15) is 5.60 Å². The van der Waals surface area contributed by atoms with E-state index in [1.807, 2.05) is 25.1 Å². The van der Waals surface area contributed by atoms with Crippen molar-refractivity contribution in [2.45, 2.75) is 79.2 Å². The molecule has 1 aromatic carbocycles. The van der Waals surface area contributed by atoms with E-state index < -0.39 is 11.7 Å². The molecule has 1 rings (SSSR count). The topological polar surface area (TPSA) is 93.5 Å². The highest BCUT2D eigenvalue weighted by atomic mass is 16.6. The minimum absolute atomic E-state index is 0.0458. The molecule has 6 nitrogen and oxygen atoms in total. The van der Waals surface area contributed by atoms with Gasteiger partial charge in [0.2, 0.25) is 5.91 Å². The van der Waals surface area contributed by atoms with Crippen LogP contribution >= 0.6 is 0 Å². The van der Waals surface area contributed by atoms with E-state index in [2.05, 4.69) is 67.2 Å². The van der Waals surface area contributed by atoms with Gasteiger partial charge in [-0.25, -0.2) is 4.79 Å². The molecule has 0 spiro atoms. The van der Waals surface area contributed by atoms with Crippen LogP contribution in [-0.2, 0) is 9.53 Å². The second-order valence-corrected chi connectivity index (χ2v) is 8.65. The van der Waals surface area contributed by atoms with Crippen molar-refractivity contribution in [3.8, 4) is 12.3 Å². The Morgan fingerprint density at radius 1 is 1.17 bits per heavy atom. The fourth-order valence-corrected chi connectivity index (χ4v) is 2.73. The third-order valence-electron chi connectivity index (χ3n) is 4.34. The maximum atomic E-state index is 12.2. The summed E-state index contributed by atoms with van der Waals surface area (Å²) >= 11 is 0. The van der Waals surface area contributed by atoms with Crippen molar-refractivity contribution in [3.63, 3.8) is 0 Å². The van der Waals surface area contributed by atoms with Gasteiger partial charge in [-0.1, -0.05) is 68.8 Å². The van der Waals surface area contributed by atoms with E-state index in [0.717, 1.165) is 24.1 Å². The highest BCUT2D eigenvalue weighted by Gasteiger charge is 2.18. The van der Waals surface area contributed by atoms with E-state index in [1.165, 1.54) is 12.8 Å². The number of terminal acetylenes is 1. The number of benzene rings is 1. The van der Waals surface area contributed by atoms with Crippen LogP contribution in [0.5, 0.6) is 0 Å². The van der Waals surface area contributed by atoms with E-state index >= 15 is 0 Å². The first-order chi connectivity index (χ1) is 16.6. The normalized spacial score (nSPS) is 11.7. The predicted octanol–water partition coefficient (Wildman–Crippen LogP) is 5.71. The lowest BCUT2D eigenvalue weighted by molar-refractivity contribution is -0.120. The van der Waals surface area contributed by atoms with Gasteiger partial charge in [-0.15, -0.1) is 12.3 Å². The zero-order chi connectivity index (χ0) is 27.1. The van der Waals surface area contributed by atoms with Crippen LogP contribution < -0.4 is 16.4 Å². The maximum Gasteiger partial charge on any atom is 0.408 e. The van der Waals surface area contributed by atoms with Gasteiger partial charge >= 0.3 is 6.09 Å². The van der Waals surface area contributed by atoms with Crippen LogP contribution in [0.1, 0.15) is 79.2 Å². The summed E-state index contributed by atoms with van der Waals surface area (Å²) < 4.78 is 5.13. The van der Waals surface area contributed by atoms with Gasteiger partial charge in [-0.05, 0) is 65.1 Å². The van der Waals surface area contributed by atoms with Crippen LogP contribution in [0.25, 0.3) is 0 Å². The first kappa shape index (κ1) is 34.1. The molecule has 0 heterocycles. The van der Waals surface area contributed by atoms with Crippen molar-refractivity contribution in [3.05, 3.63) is 59.7 Å². The lowest BCUT2D eigenvalue weighted by atomic mass is 9.90. The van der Waals surface area contributed by atoms with Crippen LogP contribution in [0.4, 0.5) is 4.79 Å². The second kappa shape index (κ2) is 21.5. The van der Waals surface area contributed by atoms with E-state index in [0.29, 0.717) is 6.54 Å². The van der Waals surface area contributed by atoms with Crippen LogP contribution in [0, 0.1) is 12.3 Å². The smallest absolute Gasteiger partial charge is 0.408 e. The number of rotatable bonds is 10. The molecule has 0 bridgehead atoms. The molecule has 2 amide bonds. The number of amides is 2. The number of ether oxygens (including phenoxy) is 1. The molecule has 0 aliphatic carbocycles. The van der Waals surface area contributed by atoms with Crippen LogP contribution in [0.3, 0.4) is 0 Å². The quantitative estimate of drug-likeness (QED) is 0.292. The van der Waals surface area contributed by atoms with Crippen molar-refractivity contribution >= 4 is 12.0 Å². The van der Waals surface area contributed by atoms with Gasteiger partial charge in [0, 0.05) is 12.5 Å². The number of alkyl carbamates (subject to hydrolysis) is 1. The van der Waals surface area contributed by atoms with Gasteiger partial charge in [0.05, 0.1) is 6.54 Å². The number of carbonyl (C=O) groups excluding carboxylic acids is 2. The fraction of sp³-hybridized carbons (Fsp3) is 0.517. The van der Waals surface area contributed by atoms with Gasteiger partial charge in [0.25, 0.3) is 0 Å². The van der Waals surface area contributed by atoms with Crippen LogP contribution in [0.2, 0.25) is 0 Å². The van der Waals surface area contributed by atoms with Crippen molar-refractivity contribution in [2.75, 3.05) is 19.6 Å². The predicted molar refractivity (Wildman–Crippen MR) is 148 cm³/mol. The number of nitrogens with one attached hydrogen (secondary N) is 2. The molecule has 1 aromatic rings. The molecule has 0 aromatic heterocycles. The lowest BCUT2D eigenvalue weighted by Crippen LogP contribution is -2.40. The van der Waals surface area contributed by atoms with Crippen molar-refractivity contribution in [2.24, 2.45) is 5.73 Å². The number of unbranched alkanes of at least 4 members (excludes halogenated alkanes) is 1. The molecular formula is C29H47N3O3. The van der Waals surface area contributed by atoms with Crippen LogP contribution in [-0.4, -0.2) is 37.2 Å². The van der Waals surface area contributed by atoms with Crippen molar-refractivity contribution in [1.29, 1.82) is 0 Å². The second-order valence-electron chi connectivity index (χ2n) is 8.65. The van der Waals surface area contributed by atoms with Crippen LogP contribution in [0.15, 0.2) is 54.1 Å². The zero-order valence-electron chi connectivity index (χ0n) is 22.8. The zero-order valence-corrected chi connectivity index (χ0v) is 22.8. The highest BCUT2D eigenvalue weighted by Crippen LogP contribution is 2.25. The SMILES string of the molecule is C#CC.C/C=C(\C=C/CC)C(CNC(=O)CNC(=O)OC(C)(C)C)c1ccccc1.CCCCN. The number of hydrogen-bond donors (Lipinski definition) is 3. The van der Waals surface area contributed by atoms with Gasteiger partial charge in [0.15, 0.2) is 0 Å². The molecule has 1 unspecified atom stereocenters. The molecule has 0 radical (unpaired) electrons. The molecule has 6 heteroatoms. The Bertz CT molecular complexity index is 786. The average Bonchev–Trinajstić information content (AvgIpc) is 2.81. The summed E-state index contributed by atoms with van der Waals surface area (Å²) in [6.45, 7) is 14.4. The molecule has 1 atom stereocenters. The van der Waals surface area contributed by atoms with Gasteiger partial charge in [-0.2, -0.15) is 0 Å². The standard InChI is InChI=1S/C22H32N2O3.C4H11N.C3H4/c1-6-8-12-17(7-2)19(18-13-10-9-11-14-18)15-23-20(25)16-24-21(26)27-22(3,4)5;1-2-3-4-5;1-3-2/h7-14,19H,6,15-16H2,1-5H3,(H,23,25)(H,24,26);2-5H2,1H3;1H,2H3/b12-8-,17-7+;;. The van der Waals surface area contributed by atoms with Gasteiger partial charge in [-0.3, -0.25) is 4.79 Å². The summed E-state index contributed by atoms with van der Waals surface area (Å²) in [7, 11) is 0. The summed E-state index contributed by atoms with van der Waals surface area (Å²) in [5.74, 6) is 2.04. The minimum atomic E-state index is -0.600. The van der Waals surface area contributed by atoms with Crippen molar-refractivity contribution in [1.82, 2.24) is 10.6 Å². The Labute approximate surface area is 213 Å². The highest BCUT2D eigenvalue weighted by molar-refractivity contribution is 5.82. The summed E-state index contributed by atoms with van der Waals surface area (Å²) in [6.07, 6.45) is 13.6. The first-order valence-electron chi connectivity index (χ1n) is 12.3. The third kappa shape index (κ3) is 20.1. The summed E-state index contributed by atoms with van der Waals surface area (Å²) in [4.78, 5) is 23.8.